The van der Waals surface area contributed by atoms with Gasteiger partial charge in [0.25, 0.3) is 11.7 Å². The van der Waals surface area contributed by atoms with Gasteiger partial charge in [-0.25, -0.2) is 0 Å². The summed E-state index contributed by atoms with van der Waals surface area (Å²) >= 11 is 0. The first-order valence-electron chi connectivity index (χ1n) is 9.46. The molecule has 0 N–H and O–H groups in total. The first kappa shape index (κ1) is 18.0. The zero-order valence-corrected chi connectivity index (χ0v) is 16.0. The van der Waals surface area contributed by atoms with Crippen LogP contribution in [0.25, 0.3) is 0 Å². The topological polar surface area (TPSA) is 48.0 Å². The fourth-order valence-electron chi connectivity index (χ4n) is 3.65. The highest BCUT2D eigenvalue weighted by Crippen LogP contribution is 2.46. The molecule has 1 spiro atoms. The molecule has 1 amide bonds. The number of benzene rings is 2. The van der Waals surface area contributed by atoms with Gasteiger partial charge in [0.2, 0.25) is 0 Å². The van der Waals surface area contributed by atoms with Gasteiger partial charge in [0.05, 0.1) is 31.5 Å². The Morgan fingerprint density at radius 1 is 1.11 bits per heavy atom. The maximum atomic E-state index is 13.3. The lowest BCUT2D eigenvalue weighted by Gasteiger charge is -2.32. The van der Waals surface area contributed by atoms with E-state index in [1.165, 1.54) is 0 Å². The van der Waals surface area contributed by atoms with Gasteiger partial charge in [-0.2, -0.15) is 0 Å². The standard InChI is InChI=1S/C22H25NO4/c1-15(2)27-18-8-6-17(7-9-18)14-23-20-10-5-16(3)13-19(20)22(21(23)24)25-11-4-12-26-22/h5-10,13,15H,4,11-12,14H2,1-3H3. The molecule has 142 valence electrons. The summed E-state index contributed by atoms with van der Waals surface area (Å²) in [6.07, 6.45) is 0.930. The van der Waals surface area contributed by atoms with E-state index >= 15 is 0 Å². The zero-order valence-electron chi connectivity index (χ0n) is 16.0. The average molecular weight is 367 g/mol. The predicted octanol–water partition coefficient (Wildman–Crippen LogP) is 3.92. The number of amides is 1. The summed E-state index contributed by atoms with van der Waals surface area (Å²) in [7, 11) is 0. The van der Waals surface area contributed by atoms with Crippen LogP contribution in [0.4, 0.5) is 5.69 Å². The highest BCUT2D eigenvalue weighted by molar-refractivity contribution is 6.06. The number of rotatable bonds is 4. The summed E-state index contributed by atoms with van der Waals surface area (Å²) in [5, 5.41) is 0. The van der Waals surface area contributed by atoms with E-state index in [0.717, 1.165) is 34.5 Å². The fraction of sp³-hybridized carbons (Fsp3) is 0.409. The molecule has 0 radical (unpaired) electrons. The van der Waals surface area contributed by atoms with E-state index in [-0.39, 0.29) is 12.0 Å². The number of carbonyl (C=O) groups excluding carboxylic acids is 1. The van der Waals surface area contributed by atoms with Gasteiger partial charge < -0.3 is 19.1 Å². The Bertz CT molecular complexity index is 838. The Morgan fingerprint density at radius 3 is 2.48 bits per heavy atom. The Kier molecular flexibility index (Phi) is 4.66. The Balaban J connectivity index is 1.64. The predicted molar refractivity (Wildman–Crippen MR) is 103 cm³/mol. The van der Waals surface area contributed by atoms with Crippen LogP contribution in [-0.4, -0.2) is 25.2 Å². The quantitative estimate of drug-likeness (QED) is 0.822. The van der Waals surface area contributed by atoms with E-state index in [9.17, 15) is 4.79 Å². The molecule has 5 nitrogen and oxygen atoms in total. The van der Waals surface area contributed by atoms with Crippen molar-refractivity contribution in [1.29, 1.82) is 0 Å². The summed E-state index contributed by atoms with van der Waals surface area (Å²) < 4.78 is 17.5. The normalized spacial score (nSPS) is 18.2. The van der Waals surface area contributed by atoms with Crippen LogP contribution in [0.2, 0.25) is 0 Å². The summed E-state index contributed by atoms with van der Waals surface area (Å²) in [5.41, 5.74) is 3.77. The van der Waals surface area contributed by atoms with E-state index in [1.54, 1.807) is 4.90 Å². The lowest BCUT2D eigenvalue weighted by atomic mass is 10.0. The Hall–Kier alpha value is -2.37. The highest BCUT2D eigenvalue weighted by Gasteiger charge is 2.54. The van der Waals surface area contributed by atoms with Crippen LogP contribution in [-0.2, 0) is 26.6 Å². The minimum atomic E-state index is -1.29. The third-order valence-corrected chi connectivity index (χ3v) is 4.86. The van der Waals surface area contributed by atoms with Crippen molar-refractivity contribution in [2.75, 3.05) is 18.1 Å². The number of ether oxygens (including phenoxy) is 3. The third-order valence-electron chi connectivity index (χ3n) is 4.86. The van der Waals surface area contributed by atoms with Gasteiger partial charge in [0.1, 0.15) is 5.75 Å². The van der Waals surface area contributed by atoms with Crippen LogP contribution in [0.15, 0.2) is 42.5 Å². The molecule has 0 saturated carbocycles. The summed E-state index contributed by atoms with van der Waals surface area (Å²) in [6.45, 7) is 7.52. The number of aryl methyl sites for hydroxylation is 1. The maximum Gasteiger partial charge on any atom is 0.292 e. The highest BCUT2D eigenvalue weighted by atomic mass is 16.7. The molecule has 0 atom stereocenters. The van der Waals surface area contributed by atoms with Crippen LogP contribution in [0.3, 0.4) is 0 Å². The first-order valence-corrected chi connectivity index (χ1v) is 9.46. The van der Waals surface area contributed by atoms with Crippen LogP contribution < -0.4 is 9.64 Å². The molecule has 1 fully saturated rings. The second-order valence-electron chi connectivity index (χ2n) is 7.39. The van der Waals surface area contributed by atoms with Crippen molar-refractivity contribution in [3.05, 3.63) is 59.2 Å². The van der Waals surface area contributed by atoms with Crippen molar-refractivity contribution in [1.82, 2.24) is 0 Å². The number of hydrogen-bond acceptors (Lipinski definition) is 4. The number of nitrogens with zero attached hydrogens (tertiary/aromatic N) is 1. The summed E-state index contributed by atoms with van der Waals surface area (Å²) in [4.78, 5) is 15.1. The number of hydrogen-bond donors (Lipinski definition) is 0. The second kappa shape index (κ2) is 6.98. The molecule has 2 aliphatic rings. The van der Waals surface area contributed by atoms with Crippen molar-refractivity contribution < 1.29 is 19.0 Å². The summed E-state index contributed by atoms with van der Waals surface area (Å²) in [5.74, 6) is -0.612. The average Bonchev–Trinajstić information content (AvgIpc) is 2.86. The zero-order chi connectivity index (χ0) is 19.0. The molecular formula is C22H25NO4. The van der Waals surface area contributed by atoms with E-state index in [1.807, 2.05) is 63.2 Å². The van der Waals surface area contributed by atoms with Gasteiger partial charge in [-0.1, -0.05) is 23.8 Å². The van der Waals surface area contributed by atoms with E-state index in [0.29, 0.717) is 19.8 Å². The molecule has 4 rings (SSSR count). The van der Waals surface area contributed by atoms with Crippen molar-refractivity contribution >= 4 is 11.6 Å². The molecule has 1 saturated heterocycles. The van der Waals surface area contributed by atoms with Crippen LogP contribution >= 0.6 is 0 Å². The van der Waals surface area contributed by atoms with Crippen molar-refractivity contribution in [2.45, 2.75) is 45.6 Å². The lowest BCUT2D eigenvalue weighted by Crippen LogP contribution is -2.47. The molecule has 2 aromatic rings. The molecule has 2 aliphatic heterocycles. The number of carbonyl (C=O) groups is 1. The van der Waals surface area contributed by atoms with Crippen LogP contribution in [0.5, 0.6) is 5.75 Å². The Labute approximate surface area is 159 Å². The molecule has 2 heterocycles. The van der Waals surface area contributed by atoms with Gasteiger partial charge in [0, 0.05) is 5.56 Å². The van der Waals surface area contributed by atoms with Crippen molar-refractivity contribution in [3.8, 4) is 5.75 Å². The number of fused-ring (bicyclic) bond motifs is 2. The molecule has 2 aromatic carbocycles. The fourth-order valence-corrected chi connectivity index (χ4v) is 3.65. The van der Waals surface area contributed by atoms with Gasteiger partial charge in [-0.15, -0.1) is 0 Å². The van der Waals surface area contributed by atoms with Gasteiger partial charge in [-0.3, -0.25) is 4.79 Å². The molecule has 0 aromatic heterocycles. The second-order valence-corrected chi connectivity index (χ2v) is 7.39. The van der Waals surface area contributed by atoms with Crippen molar-refractivity contribution in [3.63, 3.8) is 0 Å². The van der Waals surface area contributed by atoms with Crippen LogP contribution in [0.1, 0.15) is 37.0 Å². The third kappa shape index (κ3) is 3.22. The summed E-state index contributed by atoms with van der Waals surface area (Å²) in [6, 6.07) is 13.9. The van der Waals surface area contributed by atoms with Gasteiger partial charge in [-0.05, 0) is 57.0 Å². The van der Waals surface area contributed by atoms with Crippen molar-refractivity contribution in [2.24, 2.45) is 0 Å². The smallest absolute Gasteiger partial charge is 0.292 e. The van der Waals surface area contributed by atoms with E-state index < -0.39 is 5.79 Å². The molecule has 0 aliphatic carbocycles. The molecule has 5 heteroatoms. The van der Waals surface area contributed by atoms with E-state index in [2.05, 4.69) is 0 Å². The minimum absolute atomic E-state index is 0.131. The largest absolute Gasteiger partial charge is 0.491 e. The number of anilines is 1. The lowest BCUT2D eigenvalue weighted by molar-refractivity contribution is -0.256. The molecule has 0 bridgehead atoms. The molecule has 27 heavy (non-hydrogen) atoms. The molecule has 0 unspecified atom stereocenters. The minimum Gasteiger partial charge on any atom is -0.491 e. The first-order chi connectivity index (χ1) is 13.0. The van der Waals surface area contributed by atoms with Gasteiger partial charge in [0.15, 0.2) is 0 Å². The van der Waals surface area contributed by atoms with E-state index in [4.69, 9.17) is 14.2 Å². The van der Waals surface area contributed by atoms with Gasteiger partial charge >= 0.3 is 0 Å². The SMILES string of the molecule is Cc1ccc2c(c1)C1(OCCCO1)C(=O)N2Cc1ccc(OC(C)C)cc1. The maximum absolute atomic E-state index is 13.3. The molecular weight excluding hydrogens is 342 g/mol. The van der Waals surface area contributed by atoms with Crippen LogP contribution in [0, 0.1) is 6.92 Å². The monoisotopic (exact) mass is 367 g/mol. The Morgan fingerprint density at radius 2 is 1.81 bits per heavy atom.